The van der Waals surface area contributed by atoms with Gasteiger partial charge in [-0.3, -0.25) is 4.79 Å². The maximum absolute atomic E-state index is 13.4. The monoisotopic (exact) mass is 361 g/mol. The molecule has 1 atom stereocenters. The van der Waals surface area contributed by atoms with Crippen LogP contribution in [0.25, 0.3) is 0 Å². The smallest absolute Gasteiger partial charge is 0.344 e. The first-order valence-electron chi connectivity index (χ1n) is 7.96. The van der Waals surface area contributed by atoms with E-state index in [0.29, 0.717) is 5.75 Å². The van der Waals surface area contributed by atoms with Crippen molar-refractivity contribution in [2.75, 3.05) is 20.3 Å². The van der Waals surface area contributed by atoms with Crippen LogP contribution < -0.4 is 14.8 Å². The van der Waals surface area contributed by atoms with Gasteiger partial charge in [0.05, 0.1) is 13.2 Å². The first kappa shape index (κ1) is 19.2. The number of methoxy groups -OCH3 is 1. The topological polar surface area (TPSA) is 73.9 Å². The van der Waals surface area contributed by atoms with Crippen LogP contribution in [-0.4, -0.2) is 32.2 Å². The average Bonchev–Trinajstić information content (AvgIpc) is 2.65. The van der Waals surface area contributed by atoms with Crippen LogP contribution in [-0.2, 0) is 14.3 Å². The van der Waals surface area contributed by atoms with Gasteiger partial charge in [-0.05, 0) is 25.1 Å². The number of para-hydroxylation sites is 2. The molecule has 0 fully saturated rings. The van der Waals surface area contributed by atoms with E-state index in [0.717, 1.165) is 5.56 Å². The predicted octanol–water partition coefficient (Wildman–Crippen LogP) is 2.63. The van der Waals surface area contributed by atoms with E-state index in [1.54, 1.807) is 26.2 Å². The molecule has 2 aromatic rings. The van der Waals surface area contributed by atoms with Crippen molar-refractivity contribution < 1.29 is 28.2 Å². The van der Waals surface area contributed by atoms with Gasteiger partial charge in [0, 0.05) is 5.56 Å². The number of carbonyl (C=O) groups is 2. The molecule has 0 aliphatic heterocycles. The molecule has 0 saturated carbocycles. The zero-order valence-corrected chi connectivity index (χ0v) is 14.5. The third-order valence-electron chi connectivity index (χ3n) is 3.53. The number of esters is 1. The van der Waals surface area contributed by atoms with Crippen LogP contribution in [0.5, 0.6) is 11.5 Å². The lowest BCUT2D eigenvalue weighted by molar-refractivity contribution is -0.150. The van der Waals surface area contributed by atoms with Crippen LogP contribution in [0.4, 0.5) is 4.39 Å². The standard InChI is InChI=1S/C19H20FNO5/c1-13(14-7-3-5-9-16(14)24-2)21-18(22)11-26-19(23)12-25-17-10-6-4-8-15(17)20/h3-10,13H,11-12H2,1-2H3,(H,21,22). The third kappa shape index (κ3) is 5.47. The molecule has 1 N–H and O–H groups in total. The summed E-state index contributed by atoms with van der Waals surface area (Å²) in [6.45, 7) is 0.841. The highest BCUT2D eigenvalue weighted by atomic mass is 19.1. The molecule has 7 heteroatoms. The second-order valence-electron chi connectivity index (χ2n) is 5.41. The number of ether oxygens (including phenoxy) is 3. The van der Waals surface area contributed by atoms with Crippen LogP contribution in [0, 0.1) is 5.82 Å². The Morgan fingerprint density at radius 2 is 1.69 bits per heavy atom. The molecule has 26 heavy (non-hydrogen) atoms. The zero-order valence-electron chi connectivity index (χ0n) is 14.5. The SMILES string of the molecule is COc1ccccc1C(C)NC(=O)COC(=O)COc1ccccc1F. The van der Waals surface area contributed by atoms with E-state index in [9.17, 15) is 14.0 Å². The lowest BCUT2D eigenvalue weighted by Crippen LogP contribution is -2.32. The normalized spacial score (nSPS) is 11.3. The molecule has 2 rings (SSSR count). The highest BCUT2D eigenvalue weighted by Gasteiger charge is 2.15. The molecule has 6 nitrogen and oxygen atoms in total. The summed E-state index contributed by atoms with van der Waals surface area (Å²) in [5.74, 6) is -1.23. The minimum Gasteiger partial charge on any atom is -0.496 e. The second-order valence-corrected chi connectivity index (χ2v) is 5.41. The van der Waals surface area contributed by atoms with E-state index in [1.165, 1.54) is 18.2 Å². The maximum Gasteiger partial charge on any atom is 0.344 e. The highest BCUT2D eigenvalue weighted by molar-refractivity contribution is 5.81. The second kappa shape index (κ2) is 9.41. The number of rotatable bonds is 8. The van der Waals surface area contributed by atoms with Crippen molar-refractivity contribution in [3.8, 4) is 11.5 Å². The van der Waals surface area contributed by atoms with Gasteiger partial charge >= 0.3 is 5.97 Å². The molecule has 0 heterocycles. The van der Waals surface area contributed by atoms with Crippen LogP contribution in [0.3, 0.4) is 0 Å². The third-order valence-corrected chi connectivity index (χ3v) is 3.53. The minimum atomic E-state index is -0.770. The summed E-state index contributed by atoms with van der Waals surface area (Å²) in [4.78, 5) is 23.5. The predicted molar refractivity (Wildman–Crippen MR) is 92.4 cm³/mol. The molecule has 1 unspecified atom stereocenters. The van der Waals surface area contributed by atoms with Crippen molar-refractivity contribution in [2.45, 2.75) is 13.0 Å². The van der Waals surface area contributed by atoms with Gasteiger partial charge in [-0.25, -0.2) is 9.18 Å². The fraction of sp³-hybridized carbons (Fsp3) is 0.263. The lowest BCUT2D eigenvalue weighted by Gasteiger charge is -2.17. The quantitative estimate of drug-likeness (QED) is 0.732. The van der Waals surface area contributed by atoms with Gasteiger partial charge in [-0.1, -0.05) is 30.3 Å². The van der Waals surface area contributed by atoms with E-state index >= 15 is 0 Å². The van der Waals surface area contributed by atoms with Crippen LogP contribution >= 0.6 is 0 Å². The van der Waals surface area contributed by atoms with Crippen LogP contribution in [0.15, 0.2) is 48.5 Å². The van der Waals surface area contributed by atoms with E-state index in [1.807, 2.05) is 18.2 Å². The molecule has 0 aromatic heterocycles. The Morgan fingerprint density at radius 1 is 1.04 bits per heavy atom. The van der Waals surface area contributed by atoms with Gasteiger partial charge in [-0.15, -0.1) is 0 Å². The number of benzene rings is 2. The molecule has 0 aliphatic carbocycles. The van der Waals surface area contributed by atoms with Crippen molar-refractivity contribution >= 4 is 11.9 Å². The highest BCUT2D eigenvalue weighted by Crippen LogP contribution is 2.24. The summed E-state index contributed by atoms with van der Waals surface area (Å²) >= 11 is 0. The van der Waals surface area contributed by atoms with Gasteiger partial charge in [0.25, 0.3) is 5.91 Å². The fourth-order valence-corrected chi connectivity index (χ4v) is 2.27. The summed E-state index contributed by atoms with van der Waals surface area (Å²) in [7, 11) is 1.55. The van der Waals surface area contributed by atoms with Crippen molar-refractivity contribution in [1.82, 2.24) is 5.32 Å². The van der Waals surface area contributed by atoms with Crippen molar-refractivity contribution in [3.63, 3.8) is 0 Å². The van der Waals surface area contributed by atoms with Crippen molar-refractivity contribution in [1.29, 1.82) is 0 Å². The zero-order chi connectivity index (χ0) is 18.9. The fourth-order valence-electron chi connectivity index (χ4n) is 2.27. The summed E-state index contributed by atoms with van der Waals surface area (Å²) in [5.41, 5.74) is 0.803. The van der Waals surface area contributed by atoms with Gasteiger partial charge in [0.1, 0.15) is 5.75 Å². The maximum atomic E-state index is 13.4. The summed E-state index contributed by atoms with van der Waals surface area (Å²) in [5, 5.41) is 2.71. The molecule has 0 radical (unpaired) electrons. The number of hydrogen-bond acceptors (Lipinski definition) is 5. The van der Waals surface area contributed by atoms with E-state index in [4.69, 9.17) is 14.2 Å². The van der Waals surface area contributed by atoms with E-state index in [-0.39, 0.29) is 11.8 Å². The summed E-state index contributed by atoms with van der Waals surface area (Å²) in [6, 6.07) is 12.7. The Kier molecular flexibility index (Phi) is 6.96. The minimum absolute atomic E-state index is 0.0568. The summed E-state index contributed by atoms with van der Waals surface area (Å²) in [6.07, 6.45) is 0. The number of nitrogens with one attached hydrogen (secondary N) is 1. The van der Waals surface area contributed by atoms with Crippen molar-refractivity contribution in [3.05, 3.63) is 59.9 Å². The first-order valence-corrected chi connectivity index (χ1v) is 7.96. The lowest BCUT2D eigenvalue weighted by atomic mass is 10.1. The Bertz CT molecular complexity index is 765. The largest absolute Gasteiger partial charge is 0.496 e. The first-order chi connectivity index (χ1) is 12.5. The molecule has 0 bridgehead atoms. The van der Waals surface area contributed by atoms with Gasteiger partial charge in [-0.2, -0.15) is 0 Å². The molecule has 2 aromatic carbocycles. The Balaban J connectivity index is 1.77. The van der Waals surface area contributed by atoms with Crippen LogP contribution in [0.2, 0.25) is 0 Å². The number of carbonyl (C=O) groups excluding carboxylic acids is 2. The van der Waals surface area contributed by atoms with Gasteiger partial charge < -0.3 is 19.5 Å². The number of hydrogen-bond donors (Lipinski definition) is 1. The molecule has 0 saturated heterocycles. The molecular weight excluding hydrogens is 341 g/mol. The number of halogens is 1. The van der Waals surface area contributed by atoms with Gasteiger partial charge in [0.2, 0.25) is 0 Å². The van der Waals surface area contributed by atoms with Crippen LogP contribution in [0.1, 0.15) is 18.5 Å². The van der Waals surface area contributed by atoms with Crippen molar-refractivity contribution in [2.24, 2.45) is 0 Å². The Hall–Kier alpha value is -3.09. The van der Waals surface area contributed by atoms with Gasteiger partial charge in [0.15, 0.2) is 24.8 Å². The van der Waals surface area contributed by atoms with E-state index in [2.05, 4.69) is 5.32 Å². The number of amides is 1. The Labute approximate surface area is 150 Å². The molecular formula is C19H20FNO5. The average molecular weight is 361 g/mol. The molecule has 0 aliphatic rings. The Morgan fingerprint density at radius 3 is 2.38 bits per heavy atom. The summed E-state index contributed by atoms with van der Waals surface area (Å²) < 4.78 is 28.5. The molecule has 0 spiro atoms. The molecule has 138 valence electrons. The van der Waals surface area contributed by atoms with E-state index < -0.39 is 30.9 Å². The molecule has 1 amide bonds.